The monoisotopic (exact) mass is 242 g/mol. The zero-order valence-corrected chi connectivity index (χ0v) is 9.36. The predicted octanol–water partition coefficient (Wildman–Crippen LogP) is 0.854. The van der Waals surface area contributed by atoms with Crippen LogP contribution in [0.25, 0.3) is 0 Å². The topological polar surface area (TPSA) is 93.3 Å². The second-order valence-corrected chi connectivity index (χ2v) is 4.05. The number of rotatable bonds is 4. The van der Waals surface area contributed by atoms with E-state index >= 15 is 0 Å². The fraction of sp³-hybridized carbons (Fsp3) is 0.300. The Kier molecular flexibility index (Phi) is 3.49. The van der Waals surface area contributed by atoms with E-state index in [1.165, 1.54) is 19.2 Å². The van der Waals surface area contributed by atoms with E-state index in [-0.39, 0.29) is 6.42 Å². The lowest BCUT2D eigenvalue weighted by molar-refractivity contribution is -0.153. The number of hydrogen-bond donors (Lipinski definition) is 2. The Hall–Kier alpha value is -1.62. The summed E-state index contributed by atoms with van der Waals surface area (Å²) in [5.41, 5.74) is 4.04. The Morgan fingerprint density at radius 3 is 2.56 bits per heavy atom. The van der Waals surface area contributed by atoms with Crippen molar-refractivity contribution in [1.29, 1.82) is 0 Å². The van der Waals surface area contributed by atoms with Gasteiger partial charge in [0.1, 0.15) is 10.6 Å². The molecule has 1 rings (SSSR count). The van der Waals surface area contributed by atoms with E-state index in [0.29, 0.717) is 10.7 Å². The van der Waals surface area contributed by atoms with Crippen molar-refractivity contribution in [1.82, 2.24) is 4.98 Å². The van der Waals surface area contributed by atoms with Gasteiger partial charge < -0.3 is 10.8 Å². The van der Waals surface area contributed by atoms with E-state index in [1.54, 1.807) is 6.07 Å². The van der Waals surface area contributed by atoms with Crippen LogP contribution in [0, 0.1) is 5.41 Å². The Morgan fingerprint density at radius 2 is 2.19 bits per heavy atom. The highest BCUT2D eigenvalue weighted by Crippen LogP contribution is 2.22. The van der Waals surface area contributed by atoms with Crippen LogP contribution in [0.5, 0.6) is 0 Å². The first-order valence-corrected chi connectivity index (χ1v) is 4.88. The zero-order chi connectivity index (χ0) is 12.3. The number of nitrogens with two attached hydrogens (primary N) is 1. The van der Waals surface area contributed by atoms with Crippen LogP contribution in [-0.4, -0.2) is 22.0 Å². The van der Waals surface area contributed by atoms with Gasteiger partial charge in [-0.05, 0) is 25.0 Å². The number of hydrogen-bond acceptors (Lipinski definition) is 3. The number of carbonyl (C=O) groups excluding carboxylic acids is 1. The van der Waals surface area contributed by atoms with Crippen molar-refractivity contribution in [3.8, 4) is 0 Å². The van der Waals surface area contributed by atoms with Gasteiger partial charge in [-0.2, -0.15) is 0 Å². The molecule has 1 heterocycles. The Morgan fingerprint density at radius 1 is 1.56 bits per heavy atom. The molecular weight excluding hydrogens is 232 g/mol. The largest absolute Gasteiger partial charge is 0.480 e. The van der Waals surface area contributed by atoms with Gasteiger partial charge in [-0.3, -0.25) is 9.59 Å². The lowest BCUT2D eigenvalue weighted by Gasteiger charge is -2.20. The number of carbonyl (C=O) groups is 2. The zero-order valence-electron chi connectivity index (χ0n) is 8.61. The molecule has 1 aromatic rings. The molecule has 1 atom stereocenters. The number of primary amides is 1. The summed E-state index contributed by atoms with van der Waals surface area (Å²) < 4.78 is 0. The van der Waals surface area contributed by atoms with Crippen molar-refractivity contribution < 1.29 is 14.7 Å². The third-order valence-corrected chi connectivity index (χ3v) is 2.59. The molecule has 6 heteroatoms. The van der Waals surface area contributed by atoms with Gasteiger partial charge in [0.15, 0.2) is 0 Å². The number of pyridine rings is 1. The van der Waals surface area contributed by atoms with E-state index in [1.807, 2.05) is 0 Å². The molecule has 0 bridgehead atoms. The molecule has 0 aromatic carbocycles. The summed E-state index contributed by atoms with van der Waals surface area (Å²) in [5, 5.41) is 9.28. The standard InChI is InChI=1S/C10H11ClN2O3/c1-10(8(12)14,9(15)16)4-6-2-3-7(11)13-5-6/h2-3,5H,4H2,1H3,(H2,12,14)(H,15,16). The normalized spacial score (nSPS) is 14.1. The minimum atomic E-state index is -1.63. The van der Waals surface area contributed by atoms with E-state index in [9.17, 15) is 9.59 Å². The Balaban J connectivity index is 2.97. The maximum atomic E-state index is 11.1. The molecule has 1 amide bonds. The molecule has 0 fully saturated rings. The second-order valence-electron chi connectivity index (χ2n) is 3.67. The van der Waals surface area contributed by atoms with E-state index in [2.05, 4.69) is 4.98 Å². The summed E-state index contributed by atoms with van der Waals surface area (Å²) >= 11 is 5.59. The number of carboxylic acid groups (broad SMARTS) is 1. The van der Waals surface area contributed by atoms with Gasteiger partial charge in [0, 0.05) is 6.20 Å². The highest BCUT2D eigenvalue weighted by molar-refractivity contribution is 6.29. The van der Waals surface area contributed by atoms with Crippen LogP contribution >= 0.6 is 11.6 Å². The minimum Gasteiger partial charge on any atom is -0.480 e. The molecule has 0 radical (unpaired) electrons. The van der Waals surface area contributed by atoms with Gasteiger partial charge in [-0.15, -0.1) is 0 Å². The molecular formula is C10H11ClN2O3. The van der Waals surface area contributed by atoms with E-state index < -0.39 is 17.3 Å². The summed E-state index contributed by atoms with van der Waals surface area (Å²) in [5.74, 6) is -2.13. The quantitative estimate of drug-likeness (QED) is 0.605. The Labute approximate surface area is 97.2 Å². The molecule has 1 unspecified atom stereocenters. The third kappa shape index (κ3) is 2.49. The third-order valence-electron chi connectivity index (χ3n) is 2.36. The first kappa shape index (κ1) is 12.4. The predicted molar refractivity (Wildman–Crippen MR) is 57.9 cm³/mol. The molecule has 0 saturated heterocycles. The number of amides is 1. The average Bonchev–Trinajstić information content (AvgIpc) is 2.20. The molecule has 0 saturated carbocycles. The van der Waals surface area contributed by atoms with Crippen LogP contribution in [-0.2, 0) is 16.0 Å². The van der Waals surface area contributed by atoms with Crippen LogP contribution in [0.1, 0.15) is 12.5 Å². The van der Waals surface area contributed by atoms with Gasteiger partial charge in [0.2, 0.25) is 5.91 Å². The van der Waals surface area contributed by atoms with E-state index in [0.717, 1.165) is 0 Å². The van der Waals surface area contributed by atoms with Crippen LogP contribution in [0.3, 0.4) is 0 Å². The molecule has 3 N–H and O–H groups in total. The molecule has 5 nitrogen and oxygen atoms in total. The molecule has 1 aromatic heterocycles. The first-order chi connectivity index (χ1) is 7.36. The lowest BCUT2D eigenvalue weighted by atomic mass is 9.83. The van der Waals surface area contributed by atoms with Gasteiger partial charge in [-0.25, -0.2) is 4.98 Å². The fourth-order valence-electron chi connectivity index (χ4n) is 1.19. The van der Waals surface area contributed by atoms with Crippen LogP contribution in [0.15, 0.2) is 18.3 Å². The Bertz CT molecular complexity index is 403. The van der Waals surface area contributed by atoms with Crippen molar-refractivity contribution in [2.75, 3.05) is 0 Å². The SMILES string of the molecule is CC(Cc1ccc(Cl)nc1)(C(N)=O)C(=O)O. The van der Waals surface area contributed by atoms with Crippen LogP contribution < -0.4 is 5.73 Å². The number of nitrogens with zero attached hydrogens (tertiary/aromatic N) is 1. The van der Waals surface area contributed by atoms with Gasteiger partial charge >= 0.3 is 5.97 Å². The summed E-state index contributed by atoms with van der Waals surface area (Å²) in [7, 11) is 0. The van der Waals surface area contributed by atoms with Gasteiger partial charge in [0.25, 0.3) is 0 Å². The minimum absolute atomic E-state index is 0.0121. The lowest BCUT2D eigenvalue weighted by Crippen LogP contribution is -2.43. The maximum Gasteiger partial charge on any atom is 0.319 e. The summed E-state index contributed by atoms with van der Waals surface area (Å²) in [6.07, 6.45) is 1.41. The maximum absolute atomic E-state index is 11.1. The summed E-state index contributed by atoms with van der Waals surface area (Å²) in [6, 6.07) is 3.14. The molecule has 0 aliphatic carbocycles. The number of aliphatic carboxylic acids is 1. The molecule has 0 aliphatic heterocycles. The van der Waals surface area contributed by atoms with Crippen molar-refractivity contribution >= 4 is 23.5 Å². The van der Waals surface area contributed by atoms with Gasteiger partial charge in [-0.1, -0.05) is 17.7 Å². The summed E-state index contributed by atoms with van der Waals surface area (Å²) in [4.78, 5) is 25.9. The first-order valence-electron chi connectivity index (χ1n) is 4.50. The van der Waals surface area contributed by atoms with Crippen molar-refractivity contribution in [3.63, 3.8) is 0 Å². The number of halogens is 1. The van der Waals surface area contributed by atoms with Crippen molar-refractivity contribution in [3.05, 3.63) is 29.0 Å². The van der Waals surface area contributed by atoms with Crippen molar-refractivity contribution in [2.24, 2.45) is 11.1 Å². The number of aromatic nitrogens is 1. The fourth-order valence-corrected chi connectivity index (χ4v) is 1.30. The van der Waals surface area contributed by atoms with E-state index in [4.69, 9.17) is 22.4 Å². The highest BCUT2D eigenvalue weighted by atomic mass is 35.5. The van der Waals surface area contributed by atoms with Crippen molar-refractivity contribution in [2.45, 2.75) is 13.3 Å². The molecule has 0 spiro atoms. The van der Waals surface area contributed by atoms with Crippen LogP contribution in [0.4, 0.5) is 0 Å². The summed E-state index contributed by atoms with van der Waals surface area (Å²) in [6.45, 7) is 1.28. The number of carboxylic acids is 1. The van der Waals surface area contributed by atoms with Gasteiger partial charge in [0.05, 0.1) is 0 Å². The molecule has 0 aliphatic rings. The van der Waals surface area contributed by atoms with Crippen LogP contribution in [0.2, 0.25) is 5.15 Å². The average molecular weight is 243 g/mol. The highest BCUT2D eigenvalue weighted by Gasteiger charge is 2.39. The molecule has 86 valence electrons. The smallest absolute Gasteiger partial charge is 0.319 e. The molecule has 16 heavy (non-hydrogen) atoms. The second kappa shape index (κ2) is 4.49.